The van der Waals surface area contributed by atoms with Crippen LogP contribution in [0.4, 0.5) is 5.69 Å². The first-order valence-corrected chi connectivity index (χ1v) is 8.11. The number of hydrogen-bond donors (Lipinski definition) is 1. The van der Waals surface area contributed by atoms with Crippen LogP contribution in [0.15, 0.2) is 18.2 Å². The molecule has 1 aromatic rings. The number of carbonyl (C=O) groups excluding carboxylic acids is 1. The minimum absolute atomic E-state index is 0.0104. The maximum atomic E-state index is 12.7. The predicted molar refractivity (Wildman–Crippen MR) is 85.6 cm³/mol. The Morgan fingerprint density at radius 3 is 2.71 bits per heavy atom. The van der Waals surface area contributed by atoms with E-state index >= 15 is 0 Å². The average molecular weight is 308 g/mol. The number of likely N-dealkylation sites (tertiary alicyclic amines) is 2. The molecule has 3 rings (SSSR count). The van der Waals surface area contributed by atoms with Gasteiger partial charge in [0.25, 0.3) is 5.91 Å². The Bertz CT molecular complexity index is 528. The molecule has 114 valence electrons. The average Bonchev–Trinajstić information content (AvgIpc) is 3.03. The van der Waals surface area contributed by atoms with Crippen molar-refractivity contribution < 1.29 is 4.79 Å². The van der Waals surface area contributed by atoms with E-state index in [1.54, 1.807) is 18.2 Å². The summed E-state index contributed by atoms with van der Waals surface area (Å²) < 4.78 is 0. The lowest BCUT2D eigenvalue weighted by molar-refractivity contribution is 0.0608. The molecule has 0 aliphatic carbocycles. The number of piperidine rings is 1. The van der Waals surface area contributed by atoms with Crippen LogP contribution >= 0.6 is 11.6 Å². The van der Waals surface area contributed by atoms with E-state index in [4.69, 9.17) is 17.3 Å². The van der Waals surface area contributed by atoms with E-state index in [-0.39, 0.29) is 5.91 Å². The molecular formula is C16H22ClN3O. The van der Waals surface area contributed by atoms with Gasteiger partial charge < -0.3 is 10.6 Å². The Morgan fingerprint density at radius 2 is 1.95 bits per heavy atom. The highest BCUT2D eigenvalue weighted by Crippen LogP contribution is 2.25. The van der Waals surface area contributed by atoms with E-state index in [1.165, 1.54) is 32.4 Å². The summed E-state index contributed by atoms with van der Waals surface area (Å²) in [6, 6.07) is 5.61. The molecule has 1 unspecified atom stereocenters. The van der Waals surface area contributed by atoms with Gasteiger partial charge in [-0.15, -0.1) is 0 Å². The van der Waals surface area contributed by atoms with Crippen molar-refractivity contribution in [3.63, 3.8) is 0 Å². The van der Waals surface area contributed by atoms with Crippen LogP contribution < -0.4 is 5.73 Å². The zero-order valence-corrected chi connectivity index (χ0v) is 13.0. The molecule has 2 saturated heterocycles. The molecule has 0 radical (unpaired) electrons. The highest BCUT2D eigenvalue weighted by atomic mass is 35.5. The highest BCUT2D eigenvalue weighted by Gasteiger charge is 2.30. The van der Waals surface area contributed by atoms with Gasteiger partial charge in [-0.2, -0.15) is 0 Å². The fourth-order valence-corrected chi connectivity index (χ4v) is 3.62. The zero-order valence-electron chi connectivity index (χ0n) is 12.2. The number of halogens is 1. The second-order valence-electron chi connectivity index (χ2n) is 6.03. The van der Waals surface area contributed by atoms with Crippen molar-refractivity contribution in [3.8, 4) is 0 Å². The molecule has 2 fully saturated rings. The number of nitrogens with zero attached hydrogens (tertiary/aromatic N) is 2. The van der Waals surface area contributed by atoms with Crippen LogP contribution in [0.25, 0.3) is 0 Å². The molecule has 0 spiro atoms. The molecule has 1 aromatic carbocycles. The van der Waals surface area contributed by atoms with Crippen LogP contribution in [0.1, 0.15) is 36.0 Å². The summed E-state index contributed by atoms with van der Waals surface area (Å²) in [6.07, 6.45) is 4.82. The Hall–Kier alpha value is -1.26. The second kappa shape index (κ2) is 6.24. The second-order valence-corrected chi connectivity index (χ2v) is 6.44. The summed E-state index contributed by atoms with van der Waals surface area (Å²) in [5, 5.41) is 0.484. The molecule has 0 bridgehead atoms. The zero-order chi connectivity index (χ0) is 14.8. The van der Waals surface area contributed by atoms with Crippen molar-refractivity contribution in [2.75, 3.05) is 31.9 Å². The summed E-state index contributed by atoms with van der Waals surface area (Å²) in [6.45, 7) is 3.97. The van der Waals surface area contributed by atoms with Crippen LogP contribution in [-0.2, 0) is 0 Å². The van der Waals surface area contributed by atoms with Crippen LogP contribution in [0.5, 0.6) is 0 Å². The maximum Gasteiger partial charge on any atom is 0.255 e. The van der Waals surface area contributed by atoms with E-state index in [0.717, 1.165) is 19.5 Å². The molecule has 5 heteroatoms. The topological polar surface area (TPSA) is 49.6 Å². The lowest BCUT2D eigenvalue weighted by Crippen LogP contribution is -2.49. The van der Waals surface area contributed by atoms with Gasteiger partial charge in [-0.1, -0.05) is 11.6 Å². The largest absolute Gasteiger partial charge is 0.399 e. The van der Waals surface area contributed by atoms with Gasteiger partial charge in [0.2, 0.25) is 0 Å². The van der Waals surface area contributed by atoms with Crippen LogP contribution in [0, 0.1) is 0 Å². The smallest absolute Gasteiger partial charge is 0.255 e. The number of hydrogen-bond acceptors (Lipinski definition) is 3. The van der Waals surface area contributed by atoms with Crippen LogP contribution in [0.2, 0.25) is 5.02 Å². The SMILES string of the molecule is Nc1ccc(Cl)c(C(=O)N2CCCC(N3CCCC3)C2)c1. The minimum Gasteiger partial charge on any atom is -0.399 e. The Labute approximate surface area is 130 Å². The van der Waals surface area contributed by atoms with Crippen molar-refractivity contribution in [1.29, 1.82) is 0 Å². The van der Waals surface area contributed by atoms with Crippen molar-refractivity contribution in [2.24, 2.45) is 0 Å². The van der Waals surface area contributed by atoms with Crippen molar-refractivity contribution in [3.05, 3.63) is 28.8 Å². The van der Waals surface area contributed by atoms with Crippen LogP contribution in [-0.4, -0.2) is 47.9 Å². The summed E-state index contributed by atoms with van der Waals surface area (Å²) in [5.41, 5.74) is 6.89. The number of nitrogens with two attached hydrogens (primary N) is 1. The first-order chi connectivity index (χ1) is 10.1. The van der Waals surface area contributed by atoms with E-state index < -0.39 is 0 Å². The molecular weight excluding hydrogens is 286 g/mol. The lowest BCUT2D eigenvalue weighted by atomic mass is 10.0. The predicted octanol–water partition coefficient (Wildman–Crippen LogP) is 2.62. The monoisotopic (exact) mass is 307 g/mol. The molecule has 1 amide bonds. The molecule has 2 N–H and O–H groups in total. The quantitative estimate of drug-likeness (QED) is 0.855. The van der Waals surface area contributed by atoms with Crippen molar-refractivity contribution in [1.82, 2.24) is 9.80 Å². The van der Waals surface area contributed by atoms with Crippen molar-refractivity contribution in [2.45, 2.75) is 31.7 Å². The van der Waals surface area contributed by atoms with Gasteiger partial charge in [-0.25, -0.2) is 0 Å². The summed E-state index contributed by atoms with van der Waals surface area (Å²) in [5.74, 6) is 0.0104. The molecule has 0 saturated carbocycles. The number of benzene rings is 1. The van der Waals surface area contributed by atoms with Gasteiger partial charge in [0, 0.05) is 24.8 Å². The number of carbonyl (C=O) groups is 1. The highest BCUT2D eigenvalue weighted by molar-refractivity contribution is 6.34. The van der Waals surface area contributed by atoms with E-state index in [9.17, 15) is 4.79 Å². The number of amides is 1. The lowest BCUT2D eigenvalue weighted by Gasteiger charge is -2.37. The molecule has 4 nitrogen and oxygen atoms in total. The first kappa shape index (κ1) is 14.7. The molecule has 21 heavy (non-hydrogen) atoms. The molecule has 2 aliphatic rings. The van der Waals surface area contributed by atoms with Gasteiger partial charge in [0.1, 0.15) is 0 Å². The normalized spacial score (nSPS) is 23.5. The third-order valence-electron chi connectivity index (χ3n) is 4.56. The Morgan fingerprint density at radius 1 is 1.19 bits per heavy atom. The van der Waals surface area contributed by atoms with E-state index in [2.05, 4.69) is 4.90 Å². The molecule has 2 heterocycles. The number of nitrogen functional groups attached to an aromatic ring is 1. The number of rotatable bonds is 2. The molecule has 0 aromatic heterocycles. The molecule has 2 aliphatic heterocycles. The third-order valence-corrected chi connectivity index (χ3v) is 4.89. The fourth-order valence-electron chi connectivity index (χ4n) is 3.42. The third kappa shape index (κ3) is 3.16. The first-order valence-electron chi connectivity index (χ1n) is 7.73. The standard InChI is InChI=1S/C16H22ClN3O/c17-15-6-5-12(18)10-14(15)16(21)20-9-3-4-13(11-20)19-7-1-2-8-19/h5-6,10,13H,1-4,7-9,11,18H2. The molecule has 1 atom stereocenters. The van der Waals surface area contributed by atoms with Crippen molar-refractivity contribution >= 4 is 23.2 Å². The van der Waals surface area contributed by atoms with E-state index in [0.29, 0.717) is 22.3 Å². The Balaban J connectivity index is 1.73. The van der Waals surface area contributed by atoms with Gasteiger partial charge in [0.05, 0.1) is 10.6 Å². The van der Waals surface area contributed by atoms with Gasteiger partial charge >= 0.3 is 0 Å². The van der Waals surface area contributed by atoms with Gasteiger partial charge in [-0.05, 0) is 57.0 Å². The van der Waals surface area contributed by atoms with Gasteiger partial charge in [0.15, 0.2) is 0 Å². The van der Waals surface area contributed by atoms with Gasteiger partial charge in [-0.3, -0.25) is 9.69 Å². The minimum atomic E-state index is 0.0104. The van der Waals surface area contributed by atoms with Crippen LogP contribution in [0.3, 0.4) is 0 Å². The summed E-state index contributed by atoms with van der Waals surface area (Å²) >= 11 is 6.16. The Kier molecular flexibility index (Phi) is 4.36. The number of anilines is 1. The summed E-state index contributed by atoms with van der Waals surface area (Å²) in [4.78, 5) is 17.2. The van der Waals surface area contributed by atoms with E-state index in [1.807, 2.05) is 4.90 Å². The maximum absolute atomic E-state index is 12.7. The summed E-state index contributed by atoms with van der Waals surface area (Å²) in [7, 11) is 0. The fraction of sp³-hybridized carbons (Fsp3) is 0.562.